The van der Waals surface area contributed by atoms with Gasteiger partial charge in [-0.15, -0.1) is 0 Å². The van der Waals surface area contributed by atoms with Crippen LogP contribution in [0.4, 0.5) is 18.9 Å². The quantitative estimate of drug-likeness (QED) is 0.342. The first-order valence-electron chi connectivity index (χ1n) is 3.67. The van der Waals surface area contributed by atoms with Gasteiger partial charge in [-0.1, -0.05) is 5.16 Å². The molecule has 2 N–H and O–H groups in total. The molecule has 0 spiro atoms. The van der Waals surface area contributed by atoms with Gasteiger partial charge in [0.25, 0.3) is 5.91 Å². The number of carbonyl (C=O) groups excluding carboxylic acids is 1. The van der Waals surface area contributed by atoms with Crippen molar-refractivity contribution in [1.82, 2.24) is 0 Å². The van der Waals surface area contributed by atoms with E-state index in [9.17, 15) is 18.0 Å². The molecule has 0 saturated heterocycles. The van der Waals surface area contributed by atoms with E-state index in [1.807, 2.05) is 5.32 Å². The molecule has 0 saturated carbocycles. The standard InChI is InChI=1S/C8H5F3N2O2/c9-4-1-6(11)7(2-5(4)10)13-8(14)3-12-15/h1-3,15H,(H,13,14)/b12-3+. The molecule has 15 heavy (non-hydrogen) atoms. The Morgan fingerprint density at radius 1 is 1.27 bits per heavy atom. The molecule has 0 heterocycles. The molecule has 0 bridgehead atoms. The minimum Gasteiger partial charge on any atom is -0.411 e. The zero-order chi connectivity index (χ0) is 11.4. The van der Waals surface area contributed by atoms with Crippen LogP contribution in [0.2, 0.25) is 0 Å². The van der Waals surface area contributed by atoms with Gasteiger partial charge in [0.1, 0.15) is 12.0 Å². The summed E-state index contributed by atoms with van der Waals surface area (Å²) in [5, 5.41) is 12.2. The highest BCUT2D eigenvalue weighted by molar-refractivity contribution is 6.31. The van der Waals surface area contributed by atoms with Gasteiger partial charge < -0.3 is 10.5 Å². The summed E-state index contributed by atoms with van der Waals surface area (Å²) in [6.07, 6.45) is 0.445. The van der Waals surface area contributed by atoms with Crippen molar-refractivity contribution < 1.29 is 23.2 Å². The number of benzene rings is 1. The monoisotopic (exact) mass is 218 g/mol. The summed E-state index contributed by atoms with van der Waals surface area (Å²) in [5.41, 5.74) is -0.543. The zero-order valence-corrected chi connectivity index (χ0v) is 7.17. The summed E-state index contributed by atoms with van der Waals surface area (Å²) in [4.78, 5) is 10.8. The number of amides is 1. The molecule has 0 aliphatic heterocycles. The molecule has 0 unspecified atom stereocenters. The van der Waals surface area contributed by atoms with E-state index in [1.54, 1.807) is 0 Å². The third-order valence-corrected chi connectivity index (χ3v) is 1.44. The minimum absolute atomic E-state index is 0.293. The summed E-state index contributed by atoms with van der Waals surface area (Å²) < 4.78 is 38.0. The second-order valence-corrected chi connectivity index (χ2v) is 2.48. The van der Waals surface area contributed by atoms with E-state index in [1.165, 1.54) is 0 Å². The van der Waals surface area contributed by atoms with Crippen molar-refractivity contribution in [3.05, 3.63) is 29.6 Å². The van der Waals surface area contributed by atoms with Crippen LogP contribution in [0.15, 0.2) is 17.3 Å². The highest BCUT2D eigenvalue weighted by atomic mass is 19.2. The predicted molar refractivity (Wildman–Crippen MR) is 45.2 cm³/mol. The molecular formula is C8H5F3N2O2. The Kier molecular flexibility index (Phi) is 3.27. The lowest BCUT2D eigenvalue weighted by molar-refractivity contribution is -0.110. The lowest BCUT2D eigenvalue weighted by Gasteiger charge is -2.03. The molecule has 1 aromatic carbocycles. The van der Waals surface area contributed by atoms with Gasteiger partial charge in [0.15, 0.2) is 11.6 Å². The average molecular weight is 218 g/mol. The smallest absolute Gasteiger partial charge is 0.270 e. The second kappa shape index (κ2) is 4.45. The van der Waals surface area contributed by atoms with Gasteiger partial charge in [0, 0.05) is 12.1 Å². The summed E-state index contributed by atoms with van der Waals surface area (Å²) >= 11 is 0. The molecule has 0 aliphatic carbocycles. The van der Waals surface area contributed by atoms with Gasteiger partial charge in [-0.25, -0.2) is 13.2 Å². The van der Waals surface area contributed by atoms with E-state index in [0.717, 1.165) is 0 Å². The fourth-order valence-corrected chi connectivity index (χ4v) is 0.836. The van der Waals surface area contributed by atoms with Crippen LogP contribution in [0, 0.1) is 17.5 Å². The number of hydrogen-bond acceptors (Lipinski definition) is 3. The summed E-state index contributed by atoms with van der Waals surface area (Å²) in [6, 6.07) is 0.773. The number of oxime groups is 1. The van der Waals surface area contributed by atoms with Crippen LogP contribution < -0.4 is 5.32 Å². The molecule has 0 fully saturated rings. The van der Waals surface area contributed by atoms with Crippen molar-refractivity contribution in [3.8, 4) is 0 Å². The van der Waals surface area contributed by atoms with Crippen molar-refractivity contribution in [1.29, 1.82) is 0 Å². The van der Waals surface area contributed by atoms with Gasteiger partial charge >= 0.3 is 0 Å². The zero-order valence-electron chi connectivity index (χ0n) is 7.17. The highest BCUT2D eigenvalue weighted by Crippen LogP contribution is 2.17. The molecular weight excluding hydrogens is 213 g/mol. The van der Waals surface area contributed by atoms with E-state index in [-0.39, 0.29) is 0 Å². The summed E-state index contributed by atoms with van der Waals surface area (Å²) in [5.74, 6) is -4.76. The molecule has 0 aromatic heterocycles. The third kappa shape index (κ3) is 2.70. The molecule has 0 radical (unpaired) electrons. The van der Waals surface area contributed by atoms with Gasteiger partial charge in [-0.2, -0.15) is 0 Å². The largest absolute Gasteiger partial charge is 0.411 e. The lowest BCUT2D eigenvalue weighted by atomic mass is 10.3. The first-order valence-corrected chi connectivity index (χ1v) is 3.67. The third-order valence-electron chi connectivity index (χ3n) is 1.44. The Labute approximate surface area is 82.0 Å². The van der Waals surface area contributed by atoms with Crippen molar-refractivity contribution in [2.45, 2.75) is 0 Å². The topological polar surface area (TPSA) is 61.7 Å². The maximum absolute atomic E-state index is 12.9. The maximum Gasteiger partial charge on any atom is 0.270 e. The van der Waals surface area contributed by atoms with Crippen LogP contribution in [-0.2, 0) is 4.79 Å². The first kappa shape index (κ1) is 11.0. The molecule has 80 valence electrons. The van der Waals surface area contributed by atoms with E-state index < -0.39 is 29.0 Å². The normalized spacial score (nSPS) is 10.6. The number of nitrogens with one attached hydrogen (secondary N) is 1. The van der Waals surface area contributed by atoms with Crippen LogP contribution in [0.3, 0.4) is 0 Å². The number of hydrogen-bond donors (Lipinski definition) is 2. The molecule has 0 atom stereocenters. The lowest BCUT2D eigenvalue weighted by Crippen LogP contribution is -2.14. The number of anilines is 1. The Bertz CT molecular complexity index is 421. The van der Waals surface area contributed by atoms with E-state index in [4.69, 9.17) is 5.21 Å². The Morgan fingerprint density at radius 3 is 2.47 bits per heavy atom. The van der Waals surface area contributed by atoms with Crippen molar-refractivity contribution in [2.75, 3.05) is 5.32 Å². The molecule has 0 aliphatic rings. The Hall–Kier alpha value is -2.05. The van der Waals surface area contributed by atoms with Crippen LogP contribution in [0.1, 0.15) is 0 Å². The fraction of sp³-hybridized carbons (Fsp3) is 0. The number of nitrogens with zero attached hydrogens (tertiary/aromatic N) is 1. The van der Waals surface area contributed by atoms with E-state index in [0.29, 0.717) is 18.3 Å². The van der Waals surface area contributed by atoms with Gasteiger partial charge in [-0.3, -0.25) is 4.79 Å². The Balaban J connectivity index is 2.95. The number of halogens is 3. The average Bonchev–Trinajstić information content (AvgIpc) is 2.14. The van der Waals surface area contributed by atoms with Gasteiger partial charge in [-0.05, 0) is 0 Å². The van der Waals surface area contributed by atoms with Crippen molar-refractivity contribution in [2.24, 2.45) is 5.16 Å². The minimum atomic E-state index is -1.36. The molecule has 4 nitrogen and oxygen atoms in total. The van der Waals surface area contributed by atoms with Crippen LogP contribution in [0.25, 0.3) is 0 Å². The van der Waals surface area contributed by atoms with E-state index in [2.05, 4.69) is 5.16 Å². The molecule has 7 heteroatoms. The summed E-state index contributed by atoms with van der Waals surface area (Å²) in [6.45, 7) is 0. The second-order valence-electron chi connectivity index (χ2n) is 2.48. The predicted octanol–water partition coefficient (Wildman–Crippen LogP) is 1.50. The maximum atomic E-state index is 12.9. The van der Waals surface area contributed by atoms with Gasteiger partial charge in [0.2, 0.25) is 0 Å². The van der Waals surface area contributed by atoms with Crippen molar-refractivity contribution in [3.63, 3.8) is 0 Å². The SMILES string of the molecule is O=C(/C=N/O)Nc1cc(F)c(F)cc1F. The van der Waals surface area contributed by atoms with E-state index >= 15 is 0 Å². The van der Waals surface area contributed by atoms with Gasteiger partial charge in [0.05, 0.1) is 5.69 Å². The van der Waals surface area contributed by atoms with Crippen LogP contribution in [-0.4, -0.2) is 17.3 Å². The van der Waals surface area contributed by atoms with Crippen LogP contribution in [0.5, 0.6) is 0 Å². The fourth-order valence-electron chi connectivity index (χ4n) is 0.836. The van der Waals surface area contributed by atoms with Crippen molar-refractivity contribution >= 4 is 17.8 Å². The number of rotatable bonds is 2. The first-order chi connectivity index (χ1) is 7.04. The summed E-state index contributed by atoms with van der Waals surface area (Å²) in [7, 11) is 0. The highest BCUT2D eigenvalue weighted by Gasteiger charge is 2.11. The molecule has 1 amide bonds. The van der Waals surface area contributed by atoms with Crippen LogP contribution >= 0.6 is 0 Å². The number of carbonyl (C=O) groups is 1. The Morgan fingerprint density at radius 2 is 1.87 bits per heavy atom. The molecule has 1 aromatic rings. The molecule has 1 rings (SSSR count).